The molecule has 0 aliphatic carbocycles. The molecule has 2 N–H and O–H groups in total. The second-order valence-electron chi connectivity index (χ2n) is 2.69. The Bertz CT molecular complexity index is 181. The Morgan fingerprint density at radius 1 is 1.31 bits per heavy atom. The van der Waals surface area contributed by atoms with Crippen molar-refractivity contribution in [3.05, 3.63) is 36.6 Å². The fourth-order valence-corrected chi connectivity index (χ4v) is 0.830. The van der Waals surface area contributed by atoms with Crippen molar-refractivity contribution in [2.75, 3.05) is 19.6 Å². The van der Waals surface area contributed by atoms with Gasteiger partial charge in [-0.25, -0.2) is 0 Å². The van der Waals surface area contributed by atoms with Crippen LogP contribution in [0.5, 0.6) is 0 Å². The molecule has 0 saturated carbocycles. The van der Waals surface area contributed by atoms with Crippen LogP contribution in [0.1, 0.15) is 13.8 Å². The lowest BCUT2D eigenvalue weighted by molar-refractivity contribution is 0.678. The minimum absolute atomic E-state index is 0.923. The van der Waals surface area contributed by atoms with Crippen molar-refractivity contribution < 1.29 is 0 Å². The Kier molecular flexibility index (Phi) is 8.36. The summed E-state index contributed by atoms with van der Waals surface area (Å²) in [6, 6.07) is 0. The number of allylic oxidation sites excluding steroid dienone is 4. The Labute approximate surface area is 81.4 Å². The average molecular weight is 180 g/mol. The van der Waals surface area contributed by atoms with Gasteiger partial charge in [0.15, 0.2) is 0 Å². The first-order valence-corrected chi connectivity index (χ1v) is 4.74. The van der Waals surface area contributed by atoms with Crippen LogP contribution < -0.4 is 10.6 Å². The molecule has 0 aromatic rings. The number of hydrogen-bond donors (Lipinski definition) is 2. The Balaban J connectivity index is 3.40. The maximum absolute atomic E-state index is 3.86. The van der Waals surface area contributed by atoms with Crippen molar-refractivity contribution in [2.24, 2.45) is 0 Å². The van der Waals surface area contributed by atoms with Crippen molar-refractivity contribution in [2.45, 2.75) is 13.8 Å². The second-order valence-corrected chi connectivity index (χ2v) is 2.69. The lowest BCUT2D eigenvalue weighted by atomic mass is 10.4. The standard InChI is InChI=1S/C11H20N2/c1-4-6-7-8-11(3)13-10-9-12-5-2/h4,6-8,12-13H,3,5,9-10H2,1-2H3/b6-4-,8-7-. The molecule has 0 aromatic carbocycles. The molecule has 2 nitrogen and oxygen atoms in total. The highest BCUT2D eigenvalue weighted by atomic mass is 14.9. The largest absolute Gasteiger partial charge is 0.384 e. The SMILES string of the molecule is C=C(/C=C\C=C/C)NCCNCC. The smallest absolute Gasteiger partial charge is 0.0272 e. The van der Waals surface area contributed by atoms with Crippen LogP contribution in [0.2, 0.25) is 0 Å². The van der Waals surface area contributed by atoms with E-state index in [4.69, 9.17) is 0 Å². The first kappa shape index (κ1) is 12.0. The number of hydrogen-bond acceptors (Lipinski definition) is 2. The van der Waals surface area contributed by atoms with Crippen LogP contribution in [0, 0.1) is 0 Å². The van der Waals surface area contributed by atoms with Crippen molar-refractivity contribution in [3.8, 4) is 0 Å². The van der Waals surface area contributed by atoms with Gasteiger partial charge in [-0.3, -0.25) is 0 Å². The van der Waals surface area contributed by atoms with Crippen LogP contribution in [0.25, 0.3) is 0 Å². The Morgan fingerprint density at radius 3 is 2.69 bits per heavy atom. The first-order chi connectivity index (χ1) is 6.31. The van der Waals surface area contributed by atoms with Gasteiger partial charge in [0.05, 0.1) is 0 Å². The molecule has 0 rings (SSSR count). The summed E-state index contributed by atoms with van der Waals surface area (Å²) in [6.45, 7) is 10.9. The molecular formula is C11H20N2. The summed E-state index contributed by atoms with van der Waals surface area (Å²) < 4.78 is 0. The lowest BCUT2D eigenvalue weighted by Crippen LogP contribution is -2.25. The lowest BCUT2D eigenvalue weighted by Gasteiger charge is -2.05. The predicted octanol–water partition coefficient (Wildman–Crippen LogP) is 1.83. The molecule has 0 spiro atoms. The summed E-state index contributed by atoms with van der Waals surface area (Å²) in [7, 11) is 0. The quantitative estimate of drug-likeness (QED) is 0.461. The highest BCUT2D eigenvalue weighted by Gasteiger charge is 1.85. The molecule has 0 saturated heterocycles. The number of likely N-dealkylation sites (N-methyl/N-ethyl adjacent to an activating group) is 1. The third-order valence-corrected chi connectivity index (χ3v) is 1.50. The minimum atomic E-state index is 0.923. The summed E-state index contributed by atoms with van der Waals surface area (Å²) >= 11 is 0. The predicted molar refractivity (Wildman–Crippen MR) is 59.6 cm³/mol. The van der Waals surface area contributed by atoms with Crippen LogP contribution in [-0.4, -0.2) is 19.6 Å². The molecule has 0 heterocycles. The summed E-state index contributed by atoms with van der Waals surface area (Å²) in [5, 5.41) is 6.43. The van der Waals surface area contributed by atoms with Gasteiger partial charge < -0.3 is 10.6 Å². The molecule has 13 heavy (non-hydrogen) atoms. The fourth-order valence-electron chi connectivity index (χ4n) is 0.830. The third kappa shape index (κ3) is 8.89. The van der Waals surface area contributed by atoms with Gasteiger partial charge in [-0.1, -0.05) is 31.7 Å². The van der Waals surface area contributed by atoms with E-state index in [9.17, 15) is 0 Å². The highest BCUT2D eigenvalue weighted by Crippen LogP contribution is 1.86. The summed E-state index contributed by atoms with van der Waals surface area (Å²) in [5.41, 5.74) is 0.955. The summed E-state index contributed by atoms with van der Waals surface area (Å²) in [4.78, 5) is 0. The van der Waals surface area contributed by atoms with Gasteiger partial charge in [0.2, 0.25) is 0 Å². The van der Waals surface area contributed by atoms with Gasteiger partial charge >= 0.3 is 0 Å². The van der Waals surface area contributed by atoms with E-state index in [2.05, 4.69) is 24.1 Å². The minimum Gasteiger partial charge on any atom is -0.384 e. The van der Waals surface area contributed by atoms with Gasteiger partial charge in [0.1, 0.15) is 0 Å². The fraction of sp³-hybridized carbons (Fsp3) is 0.455. The molecule has 74 valence electrons. The Morgan fingerprint density at radius 2 is 2.08 bits per heavy atom. The monoisotopic (exact) mass is 180 g/mol. The van der Waals surface area contributed by atoms with Gasteiger partial charge in [-0.15, -0.1) is 0 Å². The molecule has 0 atom stereocenters. The number of rotatable bonds is 7. The van der Waals surface area contributed by atoms with Gasteiger partial charge in [0.25, 0.3) is 0 Å². The van der Waals surface area contributed by atoms with Crippen LogP contribution in [0.3, 0.4) is 0 Å². The zero-order valence-electron chi connectivity index (χ0n) is 8.64. The molecule has 0 radical (unpaired) electrons. The molecule has 0 fully saturated rings. The van der Waals surface area contributed by atoms with E-state index >= 15 is 0 Å². The first-order valence-electron chi connectivity index (χ1n) is 4.74. The van der Waals surface area contributed by atoms with Gasteiger partial charge in [0, 0.05) is 18.8 Å². The molecular weight excluding hydrogens is 160 g/mol. The topological polar surface area (TPSA) is 24.1 Å². The molecule has 0 aromatic heterocycles. The molecule has 0 aliphatic heterocycles. The van der Waals surface area contributed by atoms with Gasteiger partial charge in [-0.2, -0.15) is 0 Å². The van der Waals surface area contributed by atoms with Crippen molar-refractivity contribution in [3.63, 3.8) is 0 Å². The van der Waals surface area contributed by atoms with Crippen LogP contribution in [-0.2, 0) is 0 Å². The van der Waals surface area contributed by atoms with Crippen molar-refractivity contribution in [1.82, 2.24) is 10.6 Å². The molecule has 0 unspecified atom stereocenters. The second kappa shape index (κ2) is 9.07. The highest BCUT2D eigenvalue weighted by molar-refractivity contribution is 5.17. The zero-order valence-corrected chi connectivity index (χ0v) is 8.64. The van der Waals surface area contributed by atoms with Gasteiger partial charge in [-0.05, 0) is 19.5 Å². The average Bonchev–Trinajstić information content (AvgIpc) is 2.13. The summed E-state index contributed by atoms with van der Waals surface area (Å²) in [5.74, 6) is 0. The Hall–Kier alpha value is -1.02. The van der Waals surface area contributed by atoms with E-state index in [0.717, 1.165) is 25.3 Å². The molecule has 0 bridgehead atoms. The van der Waals surface area contributed by atoms with Crippen molar-refractivity contribution in [1.29, 1.82) is 0 Å². The van der Waals surface area contributed by atoms with E-state index in [-0.39, 0.29) is 0 Å². The molecule has 2 heteroatoms. The van der Waals surface area contributed by atoms with Crippen LogP contribution >= 0.6 is 0 Å². The zero-order chi connectivity index (χ0) is 9.94. The normalized spacial score (nSPS) is 11.2. The van der Waals surface area contributed by atoms with Crippen molar-refractivity contribution >= 4 is 0 Å². The van der Waals surface area contributed by atoms with E-state index in [1.165, 1.54) is 0 Å². The van der Waals surface area contributed by atoms with E-state index in [1.54, 1.807) is 0 Å². The third-order valence-electron chi connectivity index (χ3n) is 1.50. The maximum atomic E-state index is 3.86. The molecule has 0 amide bonds. The van der Waals surface area contributed by atoms with E-state index in [1.807, 2.05) is 31.2 Å². The number of nitrogens with one attached hydrogen (secondary N) is 2. The van der Waals surface area contributed by atoms with E-state index < -0.39 is 0 Å². The van der Waals surface area contributed by atoms with Crippen LogP contribution in [0.4, 0.5) is 0 Å². The van der Waals surface area contributed by atoms with E-state index in [0.29, 0.717) is 0 Å². The maximum Gasteiger partial charge on any atom is 0.0272 e. The molecule has 0 aliphatic rings. The summed E-state index contributed by atoms with van der Waals surface area (Å²) in [6.07, 6.45) is 7.91. The van der Waals surface area contributed by atoms with Crippen LogP contribution in [0.15, 0.2) is 36.6 Å².